The molecule has 0 aromatic heterocycles. The molecule has 3 amide bonds. The molecule has 2 rings (SSSR count). The number of para-hydroxylation sites is 1. The van der Waals surface area contributed by atoms with Crippen molar-refractivity contribution in [3.05, 3.63) is 63.7 Å². The van der Waals surface area contributed by atoms with Crippen LogP contribution >= 0.6 is 24.2 Å². The van der Waals surface area contributed by atoms with Crippen molar-refractivity contribution in [1.82, 2.24) is 10.2 Å². The van der Waals surface area contributed by atoms with Crippen LogP contribution in [0.3, 0.4) is 0 Å². The van der Waals surface area contributed by atoms with Gasteiger partial charge in [0.25, 0.3) is 5.91 Å². The highest BCUT2D eigenvalue weighted by atomic mass is 35.5. The average molecular weight is 548 g/mol. The minimum atomic E-state index is -0.992. The van der Waals surface area contributed by atoms with Gasteiger partial charge in [0, 0.05) is 12.3 Å². The molecule has 0 saturated heterocycles. The van der Waals surface area contributed by atoms with Crippen LogP contribution in [0.2, 0.25) is 5.02 Å². The number of nitrogens with one attached hydrogen (secondary N) is 2. The van der Waals surface area contributed by atoms with Gasteiger partial charge in [-0.1, -0.05) is 48.9 Å². The number of anilines is 1. The maximum atomic E-state index is 13.9. The Bertz CT molecular complexity index is 1110. The number of carbonyl (C=O) groups is 3. The predicted octanol–water partition coefficient (Wildman–Crippen LogP) is 6.01. The van der Waals surface area contributed by atoms with Gasteiger partial charge in [0.15, 0.2) is 0 Å². The summed E-state index contributed by atoms with van der Waals surface area (Å²) >= 11 is 10.7. The van der Waals surface area contributed by atoms with E-state index in [0.29, 0.717) is 22.7 Å². The van der Waals surface area contributed by atoms with Gasteiger partial charge in [-0.15, -0.1) is 0 Å². The summed E-state index contributed by atoms with van der Waals surface area (Å²) < 4.78 is 5.34. The third-order valence-corrected chi connectivity index (χ3v) is 6.48. The first-order chi connectivity index (χ1) is 17.3. The molecule has 2 aromatic carbocycles. The Morgan fingerprint density at radius 1 is 1.05 bits per heavy atom. The van der Waals surface area contributed by atoms with Crippen LogP contribution in [0, 0.1) is 20.8 Å². The summed E-state index contributed by atoms with van der Waals surface area (Å²) in [6.07, 6.45) is -0.132. The van der Waals surface area contributed by atoms with Crippen molar-refractivity contribution in [3.8, 4) is 0 Å². The number of alkyl carbamates (subject to hydrolysis) is 1. The Hall–Kier alpha value is -2.71. The first kappa shape index (κ1) is 30.5. The van der Waals surface area contributed by atoms with Crippen molar-refractivity contribution in [2.24, 2.45) is 0 Å². The standard InChI is InChI=1S/C28H38ClN3O4S/c1-8-14-32(26(34)22(16-37)30-27(35)36-28(5,6)7)24(20-13-12-17(2)19(4)15-20)25(33)31-23-18(3)10-9-11-21(23)29/h9-13,15,22,24,37H,8,14,16H2,1-7H3,(H,30,35)(H,31,33). The van der Waals surface area contributed by atoms with Crippen molar-refractivity contribution in [2.45, 2.75) is 72.6 Å². The Balaban J connectivity index is 2.52. The summed E-state index contributed by atoms with van der Waals surface area (Å²) in [4.78, 5) is 41.6. The minimum Gasteiger partial charge on any atom is -0.444 e. The first-order valence-electron chi connectivity index (χ1n) is 12.3. The van der Waals surface area contributed by atoms with E-state index in [1.165, 1.54) is 4.90 Å². The molecule has 0 bridgehead atoms. The zero-order valence-corrected chi connectivity index (χ0v) is 24.3. The Labute approximate surface area is 230 Å². The molecule has 37 heavy (non-hydrogen) atoms. The molecular formula is C28H38ClN3O4S. The lowest BCUT2D eigenvalue weighted by atomic mass is 9.98. The molecule has 0 aliphatic heterocycles. The second-order valence-electron chi connectivity index (χ2n) is 10.1. The van der Waals surface area contributed by atoms with Crippen LogP contribution in [0.1, 0.15) is 62.4 Å². The average Bonchev–Trinajstić information content (AvgIpc) is 2.80. The molecular weight excluding hydrogens is 510 g/mol. The van der Waals surface area contributed by atoms with Crippen LogP contribution in [-0.4, -0.2) is 46.7 Å². The van der Waals surface area contributed by atoms with Crippen molar-refractivity contribution in [1.29, 1.82) is 0 Å². The fourth-order valence-electron chi connectivity index (χ4n) is 3.83. The monoisotopic (exact) mass is 547 g/mol. The largest absolute Gasteiger partial charge is 0.444 e. The van der Waals surface area contributed by atoms with Gasteiger partial charge in [0.1, 0.15) is 17.7 Å². The normalized spacial score (nSPS) is 12.9. The van der Waals surface area contributed by atoms with E-state index in [1.54, 1.807) is 32.9 Å². The van der Waals surface area contributed by atoms with E-state index in [0.717, 1.165) is 16.7 Å². The van der Waals surface area contributed by atoms with E-state index in [-0.39, 0.29) is 12.3 Å². The summed E-state index contributed by atoms with van der Waals surface area (Å²) in [7, 11) is 0. The number of halogens is 1. The van der Waals surface area contributed by atoms with Crippen LogP contribution in [0.4, 0.5) is 10.5 Å². The van der Waals surface area contributed by atoms with Crippen LogP contribution in [0.5, 0.6) is 0 Å². The van der Waals surface area contributed by atoms with Gasteiger partial charge in [-0.05, 0) is 76.3 Å². The topological polar surface area (TPSA) is 87.7 Å². The van der Waals surface area contributed by atoms with Crippen molar-refractivity contribution >= 4 is 47.8 Å². The quantitative estimate of drug-likeness (QED) is 0.336. The van der Waals surface area contributed by atoms with E-state index in [1.807, 2.05) is 52.0 Å². The summed E-state index contributed by atoms with van der Waals surface area (Å²) in [6.45, 7) is 13.2. The fourth-order valence-corrected chi connectivity index (χ4v) is 4.35. The SMILES string of the molecule is CCCN(C(=O)C(CS)NC(=O)OC(C)(C)C)C(C(=O)Nc1c(C)cccc1Cl)c1ccc(C)c(C)c1. The number of hydrogen-bond acceptors (Lipinski definition) is 5. The molecule has 0 heterocycles. The molecule has 2 atom stereocenters. The lowest BCUT2D eigenvalue weighted by Gasteiger charge is -2.34. The van der Waals surface area contributed by atoms with Gasteiger partial charge in [0.05, 0.1) is 10.7 Å². The van der Waals surface area contributed by atoms with Crippen molar-refractivity contribution in [3.63, 3.8) is 0 Å². The van der Waals surface area contributed by atoms with Crippen LogP contribution in [-0.2, 0) is 14.3 Å². The highest BCUT2D eigenvalue weighted by Crippen LogP contribution is 2.30. The lowest BCUT2D eigenvalue weighted by Crippen LogP contribution is -2.53. The predicted molar refractivity (Wildman–Crippen MR) is 152 cm³/mol. The molecule has 0 spiro atoms. The zero-order chi connectivity index (χ0) is 27.9. The molecule has 9 heteroatoms. The Kier molecular flexibility index (Phi) is 10.9. The first-order valence-corrected chi connectivity index (χ1v) is 13.3. The van der Waals surface area contributed by atoms with Gasteiger partial charge in [0.2, 0.25) is 5.91 Å². The maximum absolute atomic E-state index is 13.9. The lowest BCUT2D eigenvalue weighted by molar-refractivity contribution is -0.140. The van der Waals surface area contributed by atoms with E-state index in [9.17, 15) is 14.4 Å². The molecule has 7 nitrogen and oxygen atoms in total. The number of benzene rings is 2. The third-order valence-electron chi connectivity index (χ3n) is 5.80. The van der Waals surface area contributed by atoms with Crippen molar-refractivity contribution < 1.29 is 19.1 Å². The summed E-state index contributed by atoms with van der Waals surface area (Å²) in [5, 5.41) is 5.95. The van der Waals surface area contributed by atoms with E-state index in [4.69, 9.17) is 16.3 Å². The second-order valence-corrected chi connectivity index (χ2v) is 10.9. The van der Waals surface area contributed by atoms with Crippen LogP contribution < -0.4 is 10.6 Å². The molecule has 0 aliphatic carbocycles. The van der Waals surface area contributed by atoms with E-state index >= 15 is 0 Å². The third kappa shape index (κ3) is 8.40. The number of carbonyl (C=O) groups excluding carboxylic acids is 3. The molecule has 0 radical (unpaired) electrons. The number of ether oxygens (including phenoxy) is 1. The minimum absolute atomic E-state index is 0.0309. The van der Waals surface area contributed by atoms with Gasteiger partial charge in [-0.25, -0.2) is 4.79 Å². The van der Waals surface area contributed by atoms with Gasteiger partial charge >= 0.3 is 6.09 Å². The van der Waals surface area contributed by atoms with Gasteiger partial charge in [-0.3, -0.25) is 9.59 Å². The van der Waals surface area contributed by atoms with Crippen LogP contribution in [0.25, 0.3) is 0 Å². The molecule has 2 N–H and O–H groups in total. The molecule has 2 unspecified atom stereocenters. The smallest absolute Gasteiger partial charge is 0.408 e. The molecule has 202 valence electrons. The number of rotatable bonds is 9. The number of nitrogens with zero attached hydrogens (tertiary/aromatic N) is 1. The molecule has 0 fully saturated rings. The molecule has 0 saturated carbocycles. The summed E-state index contributed by atoms with van der Waals surface area (Å²) in [6, 6.07) is 9.08. The summed E-state index contributed by atoms with van der Waals surface area (Å²) in [5.74, 6) is -0.809. The number of thiol groups is 1. The maximum Gasteiger partial charge on any atom is 0.408 e. The zero-order valence-electron chi connectivity index (χ0n) is 22.6. The second kappa shape index (κ2) is 13.2. The molecule has 2 aromatic rings. The van der Waals surface area contributed by atoms with Gasteiger partial charge in [-0.2, -0.15) is 12.6 Å². The summed E-state index contributed by atoms with van der Waals surface area (Å²) in [5.41, 5.74) is 3.27. The van der Waals surface area contributed by atoms with E-state index in [2.05, 4.69) is 23.3 Å². The highest BCUT2D eigenvalue weighted by molar-refractivity contribution is 7.80. The van der Waals surface area contributed by atoms with E-state index < -0.39 is 35.6 Å². The number of amides is 3. The number of aryl methyl sites for hydroxylation is 3. The van der Waals surface area contributed by atoms with Crippen LogP contribution in [0.15, 0.2) is 36.4 Å². The Morgan fingerprint density at radius 3 is 2.27 bits per heavy atom. The number of hydrogen-bond donors (Lipinski definition) is 3. The van der Waals surface area contributed by atoms with Crippen molar-refractivity contribution in [2.75, 3.05) is 17.6 Å². The Morgan fingerprint density at radius 2 is 1.73 bits per heavy atom. The molecule has 0 aliphatic rings. The van der Waals surface area contributed by atoms with Gasteiger partial charge < -0.3 is 20.3 Å². The fraction of sp³-hybridized carbons (Fsp3) is 0.464. The highest BCUT2D eigenvalue weighted by Gasteiger charge is 2.36.